The second-order valence-electron chi connectivity index (χ2n) is 6.42. The van der Waals surface area contributed by atoms with Crippen LogP contribution in [0.25, 0.3) is 0 Å². The summed E-state index contributed by atoms with van der Waals surface area (Å²) in [6, 6.07) is 6.79. The molecule has 0 radical (unpaired) electrons. The molecule has 1 aromatic carbocycles. The number of hydrogen-bond donors (Lipinski definition) is 2. The molecule has 3 N–H and O–H groups in total. The van der Waals surface area contributed by atoms with Gasteiger partial charge in [0.25, 0.3) is 5.91 Å². The van der Waals surface area contributed by atoms with Crippen molar-refractivity contribution in [2.24, 2.45) is 11.7 Å². The van der Waals surface area contributed by atoms with Gasteiger partial charge in [0.1, 0.15) is 5.75 Å². The van der Waals surface area contributed by atoms with Crippen LogP contribution in [0, 0.1) is 5.92 Å². The van der Waals surface area contributed by atoms with Crippen molar-refractivity contribution in [1.29, 1.82) is 0 Å². The maximum atomic E-state index is 12.2. The van der Waals surface area contributed by atoms with Crippen LogP contribution >= 0.6 is 0 Å². The van der Waals surface area contributed by atoms with E-state index < -0.39 is 6.04 Å². The highest BCUT2D eigenvalue weighted by atomic mass is 16.5. The van der Waals surface area contributed by atoms with Crippen molar-refractivity contribution in [2.45, 2.75) is 25.4 Å². The van der Waals surface area contributed by atoms with Gasteiger partial charge in [-0.25, -0.2) is 0 Å². The predicted octanol–water partition coefficient (Wildman–Crippen LogP) is 0.524. The molecule has 2 amide bonds. The van der Waals surface area contributed by atoms with Crippen LogP contribution in [0.4, 0.5) is 0 Å². The number of ether oxygens (including phenoxy) is 2. The van der Waals surface area contributed by atoms with Gasteiger partial charge < -0.3 is 25.4 Å². The van der Waals surface area contributed by atoms with E-state index in [1.54, 1.807) is 20.2 Å². The summed E-state index contributed by atoms with van der Waals surface area (Å²) in [5.74, 6) is 0.498. The lowest BCUT2D eigenvalue weighted by atomic mass is 9.92. The largest absolute Gasteiger partial charge is 0.484 e. The summed E-state index contributed by atoms with van der Waals surface area (Å²) in [7, 11) is 3.36. The molecule has 1 aliphatic rings. The second-order valence-corrected chi connectivity index (χ2v) is 6.42. The first-order valence-electron chi connectivity index (χ1n) is 8.50. The number of carbonyl (C=O) groups excluding carboxylic acids is 2. The van der Waals surface area contributed by atoms with E-state index in [0.29, 0.717) is 25.5 Å². The number of rotatable bonds is 7. The zero-order valence-electron chi connectivity index (χ0n) is 14.9. The van der Waals surface area contributed by atoms with E-state index in [1.165, 1.54) is 4.90 Å². The molecular weight excluding hydrogens is 322 g/mol. The molecule has 1 aromatic rings. The fourth-order valence-corrected chi connectivity index (χ4v) is 2.62. The molecule has 1 unspecified atom stereocenters. The van der Waals surface area contributed by atoms with Crippen molar-refractivity contribution in [1.82, 2.24) is 10.2 Å². The Morgan fingerprint density at radius 1 is 1.36 bits per heavy atom. The van der Waals surface area contributed by atoms with Gasteiger partial charge >= 0.3 is 0 Å². The molecular formula is C18H27N3O4. The molecule has 0 spiro atoms. The standard InChI is InChI=1S/C18H27N3O4/c1-21(2)16(22)12-25-15-5-3-4-13(10-15)11-20-18(23)17(19)14-6-8-24-9-7-14/h3-5,10,14,17H,6-9,11-12,19H2,1-2H3,(H,20,23). The molecule has 138 valence electrons. The lowest BCUT2D eigenvalue weighted by Crippen LogP contribution is -2.46. The van der Waals surface area contributed by atoms with Crippen molar-refractivity contribution in [3.63, 3.8) is 0 Å². The summed E-state index contributed by atoms with van der Waals surface area (Å²) in [6.45, 7) is 1.68. The Hall–Kier alpha value is -2.12. The zero-order valence-corrected chi connectivity index (χ0v) is 14.9. The maximum Gasteiger partial charge on any atom is 0.259 e. The van der Waals surface area contributed by atoms with Crippen LogP contribution in [-0.2, 0) is 20.9 Å². The molecule has 1 atom stereocenters. The minimum atomic E-state index is -0.513. The molecule has 1 saturated heterocycles. The third-order valence-electron chi connectivity index (χ3n) is 4.30. The number of nitrogens with one attached hydrogen (secondary N) is 1. The monoisotopic (exact) mass is 349 g/mol. The first-order valence-corrected chi connectivity index (χ1v) is 8.50. The first kappa shape index (κ1) is 19.2. The minimum absolute atomic E-state index is 0.0164. The third kappa shape index (κ3) is 6.03. The fourth-order valence-electron chi connectivity index (χ4n) is 2.62. The predicted molar refractivity (Wildman–Crippen MR) is 94.0 cm³/mol. The number of hydrogen-bond acceptors (Lipinski definition) is 5. The van der Waals surface area contributed by atoms with Gasteiger partial charge in [-0.2, -0.15) is 0 Å². The second kappa shape index (κ2) is 9.39. The highest BCUT2D eigenvalue weighted by Gasteiger charge is 2.26. The highest BCUT2D eigenvalue weighted by Crippen LogP contribution is 2.18. The molecule has 7 heteroatoms. The van der Waals surface area contributed by atoms with E-state index >= 15 is 0 Å². The first-order chi connectivity index (χ1) is 12.0. The molecule has 1 aliphatic heterocycles. The van der Waals surface area contributed by atoms with Crippen LogP contribution in [0.5, 0.6) is 5.75 Å². The van der Waals surface area contributed by atoms with Crippen LogP contribution in [0.15, 0.2) is 24.3 Å². The van der Waals surface area contributed by atoms with Gasteiger partial charge in [0, 0.05) is 33.9 Å². The van der Waals surface area contributed by atoms with E-state index in [-0.39, 0.29) is 24.3 Å². The van der Waals surface area contributed by atoms with E-state index in [1.807, 2.05) is 18.2 Å². The van der Waals surface area contributed by atoms with Gasteiger partial charge in [0.2, 0.25) is 5.91 Å². The van der Waals surface area contributed by atoms with Gasteiger partial charge in [-0.05, 0) is 36.5 Å². The topological polar surface area (TPSA) is 93.9 Å². The quantitative estimate of drug-likeness (QED) is 0.749. The molecule has 25 heavy (non-hydrogen) atoms. The Morgan fingerprint density at radius 3 is 2.76 bits per heavy atom. The fraction of sp³-hybridized carbons (Fsp3) is 0.556. The van der Waals surface area contributed by atoms with Crippen LogP contribution in [-0.4, -0.2) is 56.7 Å². The Kier molecular flexibility index (Phi) is 7.21. The summed E-state index contributed by atoms with van der Waals surface area (Å²) < 4.78 is 10.8. The van der Waals surface area contributed by atoms with Gasteiger partial charge in [-0.15, -0.1) is 0 Å². The highest BCUT2D eigenvalue weighted by molar-refractivity contribution is 5.81. The van der Waals surface area contributed by atoms with Crippen LogP contribution in [0.3, 0.4) is 0 Å². The van der Waals surface area contributed by atoms with Gasteiger partial charge in [-0.1, -0.05) is 12.1 Å². The molecule has 1 fully saturated rings. The van der Waals surface area contributed by atoms with Crippen molar-refractivity contribution in [2.75, 3.05) is 33.9 Å². The summed E-state index contributed by atoms with van der Waals surface area (Å²) in [5.41, 5.74) is 6.95. The molecule has 7 nitrogen and oxygen atoms in total. The average molecular weight is 349 g/mol. The Labute approximate surface area is 148 Å². The summed E-state index contributed by atoms with van der Waals surface area (Å²) in [5, 5.41) is 2.87. The summed E-state index contributed by atoms with van der Waals surface area (Å²) in [4.78, 5) is 25.3. The van der Waals surface area contributed by atoms with Gasteiger partial charge in [0.15, 0.2) is 6.61 Å². The maximum absolute atomic E-state index is 12.2. The summed E-state index contributed by atoms with van der Waals surface area (Å²) in [6.07, 6.45) is 1.63. The van der Waals surface area contributed by atoms with E-state index in [9.17, 15) is 9.59 Å². The number of benzene rings is 1. The third-order valence-corrected chi connectivity index (χ3v) is 4.30. The average Bonchev–Trinajstić information content (AvgIpc) is 2.64. The summed E-state index contributed by atoms with van der Waals surface area (Å²) >= 11 is 0. The molecule has 0 saturated carbocycles. The zero-order chi connectivity index (χ0) is 18.2. The molecule has 0 bridgehead atoms. The van der Waals surface area contributed by atoms with Crippen molar-refractivity contribution < 1.29 is 19.1 Å². The Bertz CT molecular complexity index is 585. The SMILES string of the molecule is CN(C)C(=O)COc1cccc(CNC(=O)C(N)C2CCOCC2)c1. The molecule has 0 aromatic heterocycles. The molecule has 2 rings (SSSR count). The number of carbonyl (C=O) groups is 2. The van der Waals surface area contributed by atoms with E-state index in [4.69, 9.17) is 15.2 Å². The van der Waals surface area contributed by atoms with Crippen molar-refractivity contribution in [3.8, 4) is 5.75 Å². The smallest absolute Gasteiger partial charge is 0.259 e. The molecule has 1 heterocycles. The van der Waals surface area contributed by atoms with Gasteiger partial charge in [-0.3, -0.25) is 9.59 Å². The normalized spacial score (nSPS) is 16.1. The van der Waals surface area contributed by atoms with Crippen molar-refractivity contribution in [3.05, 3.63) is 29.8 Å². The van der Waals surface area contributed by atoms with Crippen LogP contribution in [0.1, 0.15) is 18.4 Å². The number of nitrogens with zero attached hydrogens (tertiary/aromatic N) is 1. The van der Waals surface area contributed by atoms with E-state index in [2.05, 4.69) is 5.32 Å². The van der Waals surface area contributed by atoms with Gasteiger partial charge in [0.05, 0.1) is 6.04 Å². The Balaban J connectivity index is 1.82. The minimum Gasteiger partial charge on any atom is -0.484 e. The van der Waals surface area contributed by atoms with Crippen LogP contribution < -0.4 is 15.8 Å². The lowest BCUT2D eigenvalue weighted by Gasteiger charge is -2.26. The number of nitrogens with two attached hydrogens (primary N) is 1. The molecule has 0 aliphatic carbocycles. The van der Waals surface area contributed by atoms with Crippen LogP contribution in [0.2, 0.25) is 0 Å². The lowest BCUT2D eigenvalue weighted by molar-refractivity contribution is -0.130. The van der Waals surface area contributed by atoms with Crippen molar-refractivity contribution >= 4 is 11.8 Å². The Morgan fingerprint density at radius 2 is 2.08 bits per heavy atom. The number of amides is 2. The number of likely N-dealkylation sites (N-methyl/N-ethyl adjacent to an activating group) is 1. The van der Waals surface area contributed by atoms with E-state index in [0.717, 1.165) is 18.4 Å².